The molecule has 4 N–H and O–H groups in total. The zero-order valence-corrected chi connectivity index (χ0v) is 46.4. The van der Waals surface area contributed by atoms with Crippen LogP contribution in [0.4, 0.5) is 14.4 Å². The number of nitrogens with two attached hydrogens (primary N) is 1. The molecule has 18 nitrogen and oxygen atoms in total. The van der Waals surface area contributed by atoms with Crippen molar-refractivity contribution >= 4 is 52.8 Å². The Morgan fingerprint density at radius 1 is 0.603 bits per heavy atom. The van der Waals surface area contributed by atoms with Gasteiger partial charge in [-0.25, -0.2) is 14.4 Å². The Labute approximate surface area is 440 Å². The molecule has 5 amide bonds. The van der Waals surface area contributed by atoms with E-state index in [1.807, 2.05) is 62.3 Å². The largest absolute Gasteiger partial charge is 0.444 e. The molecule has 1 spiro atoms. The lowest BCUT2D eigenvalue weighted by atomic mass is 9.85. The maximum atomic E-state index is 12.5. The number of nitrogens with zero attached hydrogens (tertiary/aromatic N) is 6. The highest BCUT2D eigenvalue weighted by Crippen LogP contribution is 2.35. The van der Waals surface area contributed by atoms with E-state index in [1.165, 1.54) is 44.9 Å². The summed E-state index contributed by atoms with van der Waals surface area (Å²) in [4.78, 5) is 81.3. The summed E-state index contributed by atoms with van der Waals surface area (Å²) >= 11 is 5.32. The number of hydrogen-bond acceptors (Lipinski definition) is 13. The van der Waals surface area contributed by atoms with Gasteiger partial charge >= 0.3 is 18.3 Å². The maximum Gasteiger partial charge on any atom is 0.410 e. The van der Waals surface area contributed by atoms with Crippen LogP contribution in [0.5, 0.6) is 0 Å². The van der Waals surface area contributed by atoms with Crippen LogP contribution in [-0.4, -0.2) is 129 Å². The van der Waals surface area contributed by atoms with Crippen LogP contribution in [0.25, 0.3) is 0 Å². The van der Waals surface area contributed by atoms with Gasteiger partial charge < -0.3 is 45.3 Å². The first-order chi connectivity index (χ1) is 34.1. The third-order valence-electron chi connectivity index (χ3n) is 14.5. The van der Waals surface area contributed by atoms with Crippen molar-refractivity contribution in [3.05, 3.63) is 0 Å². The van der Waals surface area contributed by atoms with Crippen LogP contribution in [0.2, 0.25) is 0 Å². The van der Waals surface area contributed by atoms with Crippen LogP contribution < -0.4 is 16.4 Å². The Hall–Kier alpha value is -4.68. The number of halogens is 1. The summed E-state index contributed by atoms with van der Waals surface area (Å²) in [5.41, 5.74) is 2.00. The van der Waals surface area contributed by atoms with Crippen molar-refractivity contribution in [2.75, 3.05) is 39.3 Å². The molecule has 4 heterocycles. The minimum atomic E-state index is -0.854. The first-order valence-corrected chi connectivity index (χ1v) is 27.5. The summed E-state index contributed by atoms with van der Waals surface area (Å²) in [7, 11) is 0. The van der Waals surface area contributed by atoms with Crippen LogP contribution in [0, 0.1) is 40.4 Å². The number of carbonyl (C=O) groups is 6. The van der Waals surface area contributed by atoms with Gasteiger partial charge in [0.05, 0.1) is 12.1 Å². The van der Waals surface area contributed by atoms with E-state index in [2.05, 4.69) is 22.8 Å². The van der Waals surface area contributed by atoms with E-state index in [1.54, 1.807) is 14.7 Å². The number of rotatable bonds is 4. The number of aliphatic imine (C=N–C) groups is 1. The fourth-order valence-electron chi connectivity index (χ4n) is 10.1. The van der Waals surface area contributed by atoms with Crippen molar-refractivity contribution in [3.63, 3.8) is 0 Å². The lowest BCUT2D eigenvalue weighted by Crippen LogP contribution is -2.57. The molecule has 0 aromatic heterocycles. The topological polar surface area (TPSA) is 250 Å². The lowest BCUT2D eigenvalue weighted by molar-refractivity contribution is -0.128. The molecule has 19 heteroatoms. The van der Waals surface area contributed by atoms with Gasteiger partial charge in [0.2, 0.25) is 11.1 Å². The van der Waals surface area contributed by atoms with Gasteiger partial charge in [-0.2, -0.15) is 10.5 Å². The van der Waals surface area contributed by atoms with E-state index < -0.39 is 33.4 Å². The number of piperidine rings is 3. The molecular weight excluding hydrogens is 954 g/mol. The van der Waals surface area contributed by atoms with Crippen LogP contribution in [-0.2, 0) is 28.6 Å². The Bertz CT molecular complexity index is 1990. The van der Waals surface area contributed by atoms with Crippen LogP contribution in [0.15, 0.2) is 4.99 Å². The van der Waals surface area contributed by atoms with E-state index in [-0.39, 0.29) is 47.2 Å². The summed E-state index contributed by atoms with van der Waals surface area (Å²) in [5.74, 6) is 1.54. The molecule has 73 heavy (non-hydrogen) atoms. The molecule has 3 saturated carbocycles. The number of hydrogen-bond donors (Lipinski definition) is 3. The highest BCUT2D eigenvalue weighted by molar-refractivity contribution is 6.64. The third-order valence-corrected chi connectivity index (χ3v) is 14.8. The monoisotopic (exact) mass is 1040 g/mol. The summed E-state index contributed by atoms with van der Waals surface area (Å²) < 4.78 is 16.0. The Kier molecular flexibility index (Phi) is 22.3. The molecule has 0 aromatic rings. The molecule has 0 unspecified atom stereocenters. The van der Waals surface area contributed by atoms with Crippen molar-refractivity contribution in [3.8, 4) is 12.1 Å². The molecule has 0 atom stereocenters. The quantitative estimate of drug-likeness (QED) is 0.176. The minimum Gasteiger partial charge on any atom is -0.444 e. The summed E-state index contributed by atoms with van der Waals surface area (Å²) in [6, 6.07) is 4.37. The second kappa shape index (κ2) is 26.7. The van der Waals surface area contributed by atoms with Gasteiger partial charge in [0.25, 0.3) is 5.91 Å². The number of likely N-dealkylation sites (tertiary alicyclic amines) is 3. The minimum absolute atomic E-state index is 0.00182. The molecular formula is C54H88ClN9O9. The lowest BCUT2D eigenvalue weighted by Gasteiger charge is -2.39. The summed E-state index contributed by atoms with van der Waals surface area (Å²) in [5, 5.41) is 24.3. The van der Waals surface area contributed by atoms with Gasteiger partial charge in [0, 0.05) is 69.9 Å². The van der Waals surface area contributed by atoms with Crippen molar-refractivity contribution in [1.29, 1.82) is 10.5 Å². The van der Waals surface area contributed by atoms with E-state index in [9.17, 15) is 34.0 Å². The van der Waals surface area contributed by atoms with E-state index in [0.29, 0.717) is 83.7 Å². The SMILES string of the molecule is CC(C)(C)OC(=O)N1CCC(C#N)(NC(=O)C2CCCCC2)CC1.CC(C)(C)OC(=O)N1CCC(N)(C#N)CC1.CC(C)(C)OC(=O)N1CCC2(CC1)N=C(C1CCCCC1)NC2=O.O=C(Cl)C1CCCCC1. The van der Waals surface area contributed by atoms with Crippen LogP contribution >= 0.6 is 11.6 Å². The standard InChI is InChI=1S/2C18H29N3O3.C11H19N3O2.C7H11ClO/c1-17(2,3)24-16(23)21-11-9-18(10-12-21)15(22)19-14(20-18)13-7-5-4-6-8-13;1-17(2,3)24-16(23)21-11-9-18(13-19,10-12-21)20-15(22)14-7-5-4-6-8-14;1-10(2,3)16-9(15)14-6-4-11(13,8-12)5-7-14;8-7(9)6-4-2-1-3-5-6/h13H,4-12H2,1-3H3,(H,19,20,22);14H,4-12H2,1-3H3,(H,20,22);4-7,13H2,1-3H3;6H,1-5H2. The predicted molar refractivity (Wildman–Crippen MR) is 279 cm³/mol. The smallest absolute Gasteiger partial charge is 0.410 e. The van der Waals surface area contributed by atoms with E-state index in [4.69, 9.17) is 41.8 Å². The number of amidine groups is 1. The Morgan fingerprint density at radius 2 is 0.973 bits per heavy atom. The first-order valence-electron chi connectivity index (χ1n) is 27.1. The van der Waals surface area contributed by atoms with Gasteiger partial charge in [-0.3, -0.25) is 19.4 Å². The number of nitrogens with one attached hydrogen (secondary N) is 2. The summed E-state index contributed by atoms with van der Waals surface area (Å²) in [6.45, 7) is 19.4. The van der Waals surface area contributed by atoms with Gasteiger partial charge in [0.15, 0.2) is 0 Å². The van der Waals surface area contributed by atoms with Crippen molar-refractivity contribution in [1.82, 2.24) is 25.3 Å². The molecule has 4 aliphatic heterocycles. The van der Waals surface area contributed by atoms with Gasteiger partial charge in [-0.15, -0.1) is 0 Å². The molecule has 0 radical (unpaired) electrons. The average Bonchev–Trinajstić information content (AvgIpc) is 3.66. The molecule has 6 fully saturated rings. The molecule has 3 aliphatic carbocycles. The fourth-order valence-corrected chi connectivity index (χ4v) is 10.3. The normalized spacial score (nSPS) is 22.3. The first kappa shape index (κ1) is 60.9. The molecule has 0 bridgehead atoms. The third kappa shape index (κ3) is 19.8. The molecule has 7 rings (SSSR count). The summed E-state index contributed by atoms with van der Waals surface area (Å²) in [6.07, 6.45) is 18.9. The fraction of sp³-hybridized carbons (Fsp3) is 0.833. The van der Waals surface area contributed by atoms with Gasteiger partial charge in [0.1, 0.15) is 39.3 Å². The second-order valence-corrected chi connectivity index (χ2v) is 24.5. The number of ether oxygens (including phenoxy) is 3. The Balaban J connectivity index is 0.000000222. The molecule has 7 aliphatic rings. The van der Waals surface area contributed by atoms with Crippen molar-refractivity contribution < 1.29 is 43.0 Å². The second-order valence-electron chi connectivity index (χ2n) is 24.1. The van der Waals surface area contributed by atoms with Gasteiger partial charge in [-0.05, 0) is 138 Å². The maximum absolute atomic E-state index is 12.5. The number of carbonyl (C=O) groups excluding carboxylic acids is 6. The van der Waals surface area contributed by atoms with Crippen LogP contribution in [0.3, 0.4) is 0 Å². The van der Waals surface area contributed by atoms with Gasteiger partial charge in [-0.1, -0.05) is 57.8 Å². The zero-order valence-electron chi connectivity index (χ0n) is 45.6. The van der Waals surface area contributed by atoms with E-state index >= 15 is 0 Å². The highest BCUT2D eigenvalue weighted by Gasteiger charge is 2.48. The molecule has 410 valence electrons. The Morgan fingerprint density at radius 3 is 1.33 bits per heavy atom. The number of nitriles is 2. The highest BCUT2D eigenvalue weighted by atomic mass is 35.5. The predicted octanol–water partition coefficient (Wildman–Crippen LogP) is 9.41. The van der Waals surface area contributed by atoms with Crippen LogP contribution in [0.1, 0.15) is 197 Å². The average molecular weight is 1040 g/mol. The van der Waals surface area contributed by atoms with Crippen molar-refractivity contribution in [2.24, 2.45) is 28.5 Å². The zero-order chi connectivity index (χ0) is 54.3. The molecule has 0 aromatic carbocycles. The number of amides is 5. The van der Waals surface area contributed by atoms with Crippen molar-refractivity contribution in [2.45, 2.75) is 231 Å². The molecule has 3 saturated heterocycles. The van der Waals surface area contributed by atoms with E-state index in [0.717, 1.165) is 57.2 Å².